The highest BCUT2D eigenvalue weighted by molar-refractivity contribution is 5.73. The summed E-state index contributed by atoms with van der Waals surface area (Å²) in [5.74, 6) is -0.883. The Morgan fingerprint density at radius 1 is 1.36 bits per heavy atom. The minimum Gasteiger partial charge on any atom is -0.480 e. The second kappa shape index (κ2) is 5.41. The lowest BCUT2D eigenvalue weighted by Crippen LogP contribution is -2.29. The van der Waals surface area contributed by atoms with Crippen LogP contribution in [0.3, 0.4) is 0 Å². The van der Waals surface area contributed by atoms with Gasteiger partial charge in [-0.25, -0.2) is 0 Å². The lowest BCUT2D eigenvalue weighted by molar-refractivity contribution is -0.139. The van der Waals surface area contributed by atoms with Crippen molar-refractivity contribution in [3.63, 3.8) is 0 Å². The van der Waals surface area contributed by atoms with Crippen LogP contribution in [0.15, 0.2) is 24.5 Å². The number of aromatic nitrogens is 1. The van der Waals surface area contributed by atoms with Crippen molar-refractivity contribution in [2.45, 2.75) is 18.6 Å². The number of carboxylic acid groups (broad SMARTS) is 1. The van der Waals surface area contributed by atoms with E-state index < -0.39 is 18.1 Å². The number of rotatable bonds is 1. The maximum absolute atomic E-state index is 10.2. The predicted octanol–water partition coefficient (Wildman–Crippen LogP) is -0.192. The van der Waals surface area contributed by atoms with Gasteiger partial charge in [0.15, 0.2) is 0 Å². The highest BCUT2D eigenvalue weighted by Gasteiger charge is 2.27. The number of aromatic amines is 1. The van der Waals surface area contributed by atoms with Crippen LogP contribution in [0, 0.1) is 0 Å². The third-order valence-electron chi connectivity index (χ3n) is 1.90. The number of carbonyl (C=O) groups is 1. The van der Waals surface area contributed by atoms with E-state index in [-0.39, 0.29) is 0 Å². The van der Waals surface area contributed by atoms with Crippen molar-refractivity contribution in [1.82, 2.24) is 10.3 Å². The van der Waals surface area contributed by atoms with E-state index in [0.717, 1.165) is 0 Å². The zero-order chi connectivity index (χ0) is 10.4. The molecule has 5 nitrogen and oxygen atoms in total. The summed E-state index contributed by atoms with van der Waals surface area (Å²) in [4.78, 5) is 13.0. The van der Waals surface area contributed by atoms with Gasteiger partial charge in [0.05, 0.1) is 6.10 Å². The summed E-state index contributed by atoms with van der Waals surface area (Å²) in [6, 6.07) is 3.35. The molecule has 1 aromatic heterocycles. The highest BCUT2D eigenvalue weighted by atomic mass is 16.4. The van der Waals surface area contributed by atoms with Gasteiger partial charge in [0.2, 0.25) is 0 Å². The van der Waals surface area contributed by atoms with Gasteiger partial charge in [0.25, 0.3) is 0 Å². The Hall–Kier alpha value is -1.33. The average molecular weight is 198 g/mol. The monoisotopic (exact) mass is 198 g/mol. The maximum Gasteiger partial charge on any atom is 0.320 e. The Morgan fingerprint density at radius 3 is 2.21 bits per heavy atom. The standard InChI is InChI=1S/C5H9NO3.C4H5N/c7-3-1-4(5(8)9)6-2-3;1-2-4-5-3-1/h3-4,6-7H,1-2H2,(H,8,9);1-5H/t3-,4+;/m1./s1. The molecular weight excluding hydrogens is 184 g/mol. The van der Waals surface area contributed by atoms with Gasteiger partial charge in [0, 0.05) is 25.4 Å². The third-order valence-corrected chi connectivity index (χ3v) is 1.90. The molecule has 14 heavy (non-hydrogen) atoms. The first-order valence-electron chi connectivity index (χ1n) is 4.42. The number of nitrogens with one attached hydrogen (secondary N) is 2. The Kier molecular flexibility index (Phi) is 4.15. The first-order chi connectivity index (χ1) is 6.70. The van der Waals surface area contributed by atoms with Crippen molar-refractivity contribution in [3.05, 3.63) is 24.5 Å². The van der Waals surface area contributed by atoms with Crippen LogP contribution in [0.4, 0.5) is 0 Å². The Morgan fingerprint density at radius 2 is 2.00 bits per heavy atom. The number of β-amino-alcohol motifs (C(OH)–C–C–N with tert-alkyl or cyclic N) is 1. The molecule has 0 radical (unpaired) electrons. The molecule has 78 valence electrons. The van der Waals surface area contributed by atoms with Crippen LogP contribution in [0.2, 0.25) is 0 Å². The summed E-state index contributed by atoms with van der Waals surface area (Å²) in [5, 5.41) is 19.8. The van der Waals surface area contributed by atoms with E-state index in [1.165, 1.54) is 0 Å². The molecule has 1 aliphatic rings. The summed E-state index contributed by atoms with van der Waals surface area (Å²) in [5.41, 5.74) is 0. The van der Waals surface area contributed by atoms with Gasteiger partial charge in [-0.05, 0) is 12.1 Å². The summed E-state index contributed by atoms with van der Waals surface area (Å²) >= 11 is 0. The molecule has 1 saturated heterocycles. The number of hydrogen-bond acceptors (Lipinski definition) is 3. The lowest BCUT2D eigenvalue weighted by atomic mass is 10.2. The maximum atomic E-state index is 10.2. The van der Waals surface area contributed by atoms with E-state index in [4.69, 9.17) is 10.2 Å². The first-order valence-corrected chi connectivity index (χ1v) is 4.42. The van der Waals surface area contributed by atoms with Crippen LogP contribution in [0.25, 0.3) is 0 Å². The third kappa shape index (κ3) is 3.59. The fourth-order valence-electron chi connectivity index (χ4n) is 1.18. The number of H-pyrrole nitrogens is 1. The summed E-state index contributed by atoms with van der Waals surface area (Å²) in [7, 11) is 0. The van der Waals surface area contributed by atoms with E-state index in [1.807, 2.05) is 24.5 Å². The van der Waals surface area contributed by atoms with Gasteiger partial charge in [-0.15, -0.1) is 0 Å². The number of aliphatic carboxylic acids is 1. The molecule has 0 amide bonds. The fraction of sp³-hybridized carbons (Fsp3) is 0.444. The molecule has 0 bridgehead atoms. The van der Waals surface area contributed by atoms with Crippen LogP contribution in [0.5, 0.6) is 0 Å². The van der Waals surface area contributed by atoms with Crippen LogP contribution in [-0.4, -0.2) is 39.9 Å². The second-order valence-electron chi connectivity index (χ2n) is 3.07. The topological polar surface area (TPSA) is 85.3 Å². The SMILES string of the molecule is O=C(O)[C@@H]1C[C@@H](O)CN1.c1cc[nH]c1. The lowest BCUT2D eigenvalue weighted by Gasteiger charge is -1.99. The molecule has 0 aromatic carbocycles. The number of aliphatic hydroxyl groups excluding tert-OH is 1. The van der Waals surface area contributed by atoms with Gasteiger partial charge in [-0.1, -0.05) is 0 Å². The molecule has 1 fully saturated rings. The Labute approximate surface area is 81.8 Å². The van der Waals surface area contributed by atoms with Crippen LogP contribution >= 0.6 is 0 Å². The molecular formula is C9H14N2O3. The normalized spacial score (nSPS) is 25.2. The smallest absolute Gasteiger partial charge is 0.320 e. The fourth-order valence-corrected chi connectivity index (χ4v) is 1.18. The summed E-state index contributed by atoms with van der Waals surface area (Å²) < 4.78 is 0. The predicted molar refractivity (Wildman–Crippen MR) is 50.8 cm³/mol. The van der Waals surface area contributed by atoms with Crippen molar-refractivity contribution in [2.75, 3.05) is 6.54 Å². The Bertz CT molecular complexity index is 244. The second-order valence-corrected chi connectivity index (χ2v) is 3.07. The molecule has 4 N–H and O–H groups in total. The van der Waals surface area contributed by atoms with E-state index in [2.05, 4.69) is 10.3 Å². The highest BCUT2D eigenvalue weighted by Crippen LogP contribution is 2.05. The van der Waals surface area contributed by atoms with Crippen LogP contribution in [0.1, 0.15) is 6.42 Å². The van der Waals surface area contributed by atoms with Crippen molar-refractivity contribution in [2.24, 2.45) is 0 Å². The summed E-state index contributed by atoms with van der Waals surface area (Å²) in [6.07, 6.45) is 3.60. The Balaban J connectivity index is 0.000000165. The molecule has 2 heterocycles. The van der Waals surface area contributed by atoms with E-state index >= 15 is 0 Å². The minimum atomic E-state index is -0.883. The molecule has 2 atom stereocenters. The quantitative estimate of drug-likeness (QED) is 0.504. The zero-order valence-corrected chi connectivity index (χ0v) is 7.68. The van der Waals surface area contributed by atoms with Gasteiger partial charge in [-0.2, -0.15) is 0 Å². The van der Waals surface area contributed by atoms with E-state index in [9.17, 15) is 4.79 Å². The first kappa shape index (κ1) is 10.7. The molecule has 0 unspecified atom stereocenters. The molecule has 0 spiro atoms. The van der Waals surface area contributed by atoms with Crippen molar-refractivity contribution in [3.8, 4) is 0 Å². The number of aliphatic hydroxyl groups is 1. The number of carboxylic acids is 1. The summed E-state index contributed by atoms with van der Waals surface area (Å²) in [6.45, 7) is 0.400. The van der Waals surface area contributed by atoms with Crippen molar-refractivity contribution >= 4 is 5.97 Å². The van der Waals surface area contributed by atoms with Crippen molar-refractivity contribution in [1.29, 1.82) is 0 Å². The van der Waals surface area contributed by atoms with Gasteiger partial charge >= 0.3 is 5.97 Å². The minimum absolute atomic E-state index is 0.329. The molecule has 2 rings (SSSR count). The van der Waals surface area contributed by atoms with Crippen molar-refractivity contribution < 1.29 is 15.0 Å². The van der Waals surface area contributed by atoms with E-state index in [0.29, 0.717) is 13.0 Å². The van der Waals surface area contributed by atoms with Gasteiger partial charge < -0.3 is 20.5 Å². The molecule has 0 aliphatic carbocycles. The van der Waals surface area contributed by atoms with Gasteiger partial charge in [-0.3, -0.25) is 4.79 Å². The number of hydrogen-bond donors (Lipinski definition) is 4. The zero-order valence-electron chi connectivity index (χ0n) is 7.68. The molecule has 0 saturated carbocycles. The molecule has 5 heteroatoms. The largest absolute Gasteiger partial charge is 0.480 e. The molecule has 1 aliphatic heterocycles. The van der Waals surface area contributed by atoms with Gasteiger partial charge in [0.1, 0.15) is 6.04 Å². The average Bonchev–Trinajstić information content (AvgIpc) is 2.74. The molecule has 1 aromatic rings. The van der Waals surface area contributed by atoms with Crippen LogP contribution < -0.4 is 5.32 Å². The van der Waals surface area contributed by atoms with E-state index in [1.54, 1.807) is 0 Å². The van der Waals surface area contributed by atoms with Crippen LogP contribution in [-0.2, 0) is 4.79 Å².